The van der Waals surface area contributed by atoms with Gasteiger partial charge in [-0.2, -0.15) is 5.10 Å². The van der Waals surface area contributed by atoms with Crippen molar-refractivity contribution in [1.29, 1.82) is 0 Å². The second-order valence-electron chi connectivity index (χ2n) is 3.87. The van der Waals surface area contributed by atoms with E-state index >= 15 is 0 Å². The molecule has 15 heavy (non-hydrogen) atoms. The van der Waals surface area contributed by atoms with Crippen molar-refractivity contribution in [3.05, 3.63) is 24.5 Å². The Hall–Kier alpha value is -1.62. The van der Waals surface area contributed by atoms with E-state index in [0.29, 0.717) is 5.92 Å². The van der Waals surface area contributed by atoms with Crippen molar-refractivity contribution in [3.8, 4) is 0 Å². The van der Waals surface area contributed by atoms with Gasteiger partial charge in [0.05, 0.1) is 6.20 Å². The van der Waals surface area contributed by atoms with Gasteiger partial charge in [-0.25, -0.2) is 9.50 Å². The van der Waals surface area contributed by atoms with Crippen LogP contribution in [0.3, 0.4) is 0 Å². The van der Waals surface area contributed by atoms with Crippen molar-refractivity contribution in [2.45, 2.75) is 0 Å². The van der Waals surface area contributed by atoms with Crippen molar-refractivity contribution in [2.75, 3.05) is 24.6 Å². The third-order valence-electron chi connectivity index (χ3n) is 2.78. The molecule has 5 heteroatoms. The smallest absolute Gasteiger partial charge is 0.157 e. The summed E-state index contributed by atoms with van der Waals surface area (Å²) in [5, 5.41) is 13.0. The van der Waals surface area contributed by atoms with Crippen molar-refractivity contribution in [1.82, 2.24) is 14.6 Å². The quantitative estimate of drug-likeness (QED) is 0.757. The summed E-state index contributed by atoms with van der Waals surface area (Å²) in [5.41, 5.74) is 0.861. The largest absolute Gasteiger partial charge is 0.396 e. The Labute approximate surface area is 87.0 Å². The van der Waals surface area contributed by atoms with Gasteiger partial charge >= 0.3 is 0 Å². The molecule has 0 aliphatic carbocycles. The van der Waals surface area contributed by atoms with Gasteiger partial charge in [0.1, 0.15) is 5.82 Å². The van der Waals surface area contributed by atoms with Gasteiger partial charge in [-0.05, 0) is 6.07 Å². The summed E-state index contributed by atoms with van der Waals surface area (Å²) in [7, 11) is 0. The first-order valence-corrected chi connectivity index (χ1v) is 5.03. The zero-order valence-electron chi connectivity index (χ0n) is 8.24. The van der Waals surface area contributed by atoms with E-state index in [0.717, 1.165) is 24.6 Å². The summed E-state index contributed by atoms with van der Waals surface area (Å²) < 4.78 is 1.74. The Morgan fingerprint density at radius 1 is 1.40 bits per heavy atom. The molecule has 2 aromatic heterocycles. The SMILES string of the molecule is OCC1CN(c2ccn3nccc3n2)C1. The van der Waals surface area contributed by atoms with Gasteiger partial charge in [0.25, 0.3) is 0 Å². The number of aromatic nitrogens is 3. The molecule has 0 saturated carbocycles. The van der Waals surface area contributed by atoms with E-state index in [2.05, 4.69) is 15.0 Å². The molecule has 1 aliphatic heterocycles. The molecular weight excluding hydrogens is 192 g/mol. The predicted octanol–water partition coefficient (Wildman–Crippen LogP) is 0.158. The van der Waals surface area contributed by atoms with E-state index in [1.165, 1.54) is 0 Å². The van der Waals surface area contributed by atoms with Crippen LogP contribution in [0.4, 0.5) is 5.82 Å². The van der Waals surface area contributed by atoms with Crippen LogP contribution in [0, 0.1) is 5.92 Å². The minimum absolute atomic E-state index is 0.269. The Kier molecular flexibility index (Phi) is 1.85. The molecular formula is C10H12N4O. The second kappa shape index (κ2) is 3.20. The maximum atomic E-state index is 8.93. The average Bonchev–Trinajstić information content (AvgIpc) is 2.63. The summed E-state index contributed by atoms with van der Waals surface area (Å²) in [6.07, 6.45) is 3.64. The minimum atomic E-state index is 0.269. The zero-order valence-corrected chi connectivity index (χ0v) is 8.24. The Balaban J connectivity index is 1.86. The van der Waals surface area contributed by atoms with Crippen LogP contribution < -0.4 is 4.90 Å². The fraction of sp³-hybridized carbons (Fsp3) is 0.400. The van der Waals surface area contributed by atoms with E-state index in [4.69, 9.17) is 5.11 Å². The molecule has 1 N–H and O–H groups in total. The highest BCUT2D eigenvalue weighted by Crippen LogP contribution is 2.22. The molecule has 5 nitrogen and oxygen atoms in total. The minimum Gasteiger partial charge on any atom is -0.396 e. The lowest BCUT2D eigenvalue weighted by molar-refractivity contribution is 0.200. The number of aliphatic hydroxyl groups excluding tert-OH is 1. The van der Waals surface area contributed by atoms with Gasteiger partial charge < -0.3 is 10.0 Å². The normalized spacial score (nSPS) is 17.0. The van der Waals surface area contributed by atoms with Gasteiger partial charge in [0, 0.05) is 37.9 Å². The summed E-state index contributed by atoms with van der Waals surface area (Å²) in [6, 6.07) is 3.83. The van der Waals surface area contributed by atoms with E-state index in [1.807, 2.05) is 18.3 Å². The van der Waals surface area contributed by atoms with Crippen LogP contribution in [0.1, 0.15) is 0 Å². The molecule has 3 rings (SSSR count). The Bertz CT molecular complexity index is 475. The fourth-order valence-corrected chi connectivity index (χ4v) is 1.85. The van der Waals surface area contributed by atoms with E-state index < -0.39 is 0 Å². The van der Waals surface area contributed by atoms with Crippen molar-refractivity contribution < 1.29 is 5.11 Å². The molecule has 0 spiro atoms. The second-order valence-corrected chi connectivity index (χ2v) is 3.87. The fourth-order valence-electron chi connectivity index (χ4n) is 1.85. The molecule has 1 aliphatic rings. The monoisotopic (exact) mass is 204 g/mol. The molecule has 0 amide bonds. The average molecular weight is 204 g/mol. The van der Waals surface area contributed by atoms with E-state index in [-0.39, 0.29) is 6.61 Å². The summed E-state index contributed by atoms with van der Waals surface area (Å²) in [5.74, 6) is 1.38. The number of anilines is 1. The molecule has 0 radical (unpaired) electrons. The first kappa shape index (κ1) is 8.67. The van der Waals surface area contributed by atoms with Gasteiger partial charge in [0.2, 0.25) is 0 Å². The van der Waals surface area contributed by atoms with Crippen LogP contribution in [-0.2, 0) is 0 Å². The maximum absolute atomic E-state index is 8.93. The van der Waals surface area contributed by atoms with Crippen LogP contribution in [0.2, 0.25) is 0 Å². The standard InChI is InChI=1S/C10H12N4O/c15-7-8-5-13(6-8)9-2-4-14-10(12-9)1-3-11-14/h1-4,8,15H,5-7H2. The van der Waals surface area contributed by atoms with Crippen LogP contribution >= 0.6 is 0 Å². The van der Waals surface area contributed by atoms with Crippen LogP contribution in [0.5, 0.6) is 0 Å². The first-order valence-electron chi connectivity index (χ1n) is 5.03. The molecule has 0 unspecified atom stereocenters. The molecule has 3 heterocycles. The summed E-state index contributed by atoms with van der Waals surface area (Å²) >= 11 is 0. The van der Waals surface area contributed by atoms with Crippen LogP contribution in [-0.4, -0.2) is 39.4 Å². The number of fused-ring (bicyclic) bond motifs is 1. The molecule has 0 atom stereocenters. The molecule has 1 saturated heterocycles. The summed E-state index contributed by atoms with van der Waals surface area (Å²) in [4.78, 5) is 6.63. The van der Waals surface area contributed by atoms with E-state index in [9.17, 15) is 0 Å². The molecule has 1 fully saturated rings. The van der Waals surface area contributed by atoms with Gasteiger partial charge in [-0.3, -0.25) is 0 Å². The third kappa shape index (κ3) is 1.35. The summed E-state index contributed by atoms with van der Waals surface area (Å²) in [6.45, 7) is 2.06. The van der Waals surface area contributed by atoms with Gasteiger partial charge in [0.15, 0.2) is 5.65 Å². The molecule has 2 aromatic rings. The highest BCUT2D eigenvalue weighted by Gasteiger charge is 2.26. The maximum Gasteiger partial charge on any atom is 0.157 e. The third-order valence-corrected chi connectivity index (χ3v) is 2.78. The van der Waals surface area contributed by atoms with Gasteiger partial charge in [-0.15, -0.1) is 0 Å². The Morgan fingerprint density at radius 3 is 3.07 bits per heavy atom. The number of hydrogen-bond donors (Lipinski definition) is 1. The van der Waals surface area contributed by atoms with E-state index in [1.54, 1.807) is 10.7 Å². The van der Waals surface area contributed by atoms with Crippen molar-refractivity contribution >= 4 is 11.5 Å². The highest BCUT2D eigenvalue weighted by atomic mass is 16.3. The zero-order chi connectivity index (χ0) is 10.3. The van der Waals surface area contributed by atoms with Crippen LogP contribution in [0.15, 0.2) is 24.5 Å². The van der Waals surface area contributed by atoms with Gasteiger partial charge in [-0.1, -0.05) is 0 Å². The number of hydrogen-bond acceptors (Lipinski definition) is 4. The number of nitrogens with zero attached hydrogens (tertiary/aromatic N) is 4. The predicted molar refractivity (Wildman–Crippen MR) is 55.8 cm³/mol. The first-order chi connectivity index (χ1) is 7.36. The lowest BCUT2D eigenvalue weighted by Gasteiger charge is -2.39. The van der Waals surface area contributed by atoms with Crippen molar-refractivity contribution in [2.24, 2.45) is 5.92 Å². The number of rotatable bonds is 2. The van der Waals surface area contributed by atoms with Crippen LogP contribution in [0.25, 0.3) is 5.65 Å². The van der Waals surface area contributed by atoms with Crippen molar-refractivity contribution in [3.63, 3.8) is 0 Å². The molecule has 0 aromatic carbocycles. The lowest BCUT2D eigenvalue weighted by Crippen LogP contribution is -2.48. The Morgan fingerprint density at radius 2 is 2.27 bits per heavy atom. The molecule has 0 bridgehead atoms. The number of aliphatic hydroxyl groups is 1. The lowest BCUT2D eigenvalue weighted by atomic mass is 10.0. The topological polar surface area (TPSA) is 53.7 Å². The highest BCUT2D eigenvalue weighted by molar-refractivity contribution is 5.48. The molecule has 78 valence electrons.